The molecule has 2 aromatic rings. The molecule has 23 heavy (non-hydrogen) atoms. The van der Waals surface area contributed by atoms with Crippen LogP contribution in [0.1, 0.15) is 10.4 Å². The Morgan fingerprint density at radius 1 is 1.09 bits per heavy atom. The molecule has 0 aromatic heterocycles. The molecule has 0 aliphatic carbocycles. The van der Waals surface area contributed by atoms with Gasteiger partial charge in [0.05, 0.1) is 10.5 Å². The fourth-order valence-electron chi connectivity index (χ4n) is 1.72. The number of nitrogens with zero attached hydrogens (tertiary/aromatic N) is 1. The lowest BCUT2D eigenvalue weighted by molar-refractivity contribution is 0.0696. The van der Waals surface area contributed by atoms with Crippen LogP contribution in [-0.4, -0.2) is 21.3 Å². The maximum absolute atomic E-state index is 13.0. The average Bonchev–Trinajstić information content (AvgIpc) is 2.49. The minimum Gasteiger partial charge on any atom is -0.478 e. The number of hydrogen-bond donors (Lipinski definition) is 3. The quantitative estimate of drug-likeness (QED) is 0.781. The van der Waals surface area contributed by atoms with E-state index in [1.807, 2.05) is 0 Å². The van der Waals surface area contributed by atoms with Gasteiger partial charge in [-0.3, -0.25) is 4.72 Å². The summed E-state index contributed by atoms with van der Waals surface area (Å²) < 4.78 is 19.1. The first-order valence-electron chi connectivity index (χ1n) is 6.23. The van der Waals surface area contributed by atoms with E-state index in [1.165, 1.54) is 24.3 Å². The number of nitrogens with one attached hydrogen (secondary N) is 1. The summed E-state index contributed by atoms with van der Waals surface area (Å²) in [5, 5.41) is 9.37. The van der Waals surface area contributed by atoms with Gasteiger partial charge in [0.25, 0.3) is 0 Å². The predicted octanol–water partition coefficient (Wildman–Crippen LogP) is 2.97. The number of carbonyl (C=O) groups is 2. The van der Waals surface area contributed by atoms with E-state index in [2.05, 4.69) is 9.08 Å². The number of anilines is 1. The third-order valence-electron chi connectivity index (χ3n) is 2.74. The summed E-state index contributed by atoms with van der Waals surface area (Å²) in [4.78, 5) is 22.1. The SMILES string of the molecule is NC(=O)N=S(=O)(Nc1ccc(Cl)cc1)c1ccc(C(=O)O)cc1. The Balaban J connectivity index is 2.47. The summed E-state index contributed by atoms with van der Waals surface area (Å²) in [5.74, 6) is -1.12. The molecule has 0 saturated carbocycles. The minimum absolute atomic E-state index is 0.0149. The van der Waals surface area contributed by atoms with Crippen LogP contribution in [0.25, 0.3) is 0 Å². The van der Waals surface area contributed by atoms with Crippen molar-refractivity contribution in [1.82, 2.24) is 0 Å². The normalized spacial score (nSPS) is 12.9. The Morgan fingerprint density at radius 2 is 1.65 bits per heavy atom. The number of carboxylic acids is 1. The molecule has 0 heterocycles. The zero-order chi connectivity index (χ0) is 17.0. The zero-order valence-corrected chi connectivity index (χ0v) is 13.2. The number of benzene rings is 2. The van der Waals surface area contributed by atoms with Crippen molar-refractivity contribution < 1.29 is 18.9 Å². The second kappa shape index (κ2) is 6.67. The second-order valence-corrected chi connectivity index (χ2v) is 6.74. The van der Waals surface area contributed by atoms with Gasteiger partial charge in [0, 0.05) is 10.7 Å². The van der Waals surface area contributed by atoms with E-state index in [4.69, 9.17) is 22.4 Å². The molecule has 0 spiro atoms. The first-order chi connectivity index (χ1) is 10.8. The minimum atomic E-state index is -3.41. The van der Waals surface area contributed by atoms with Crippen molar-refractivity contribution in [2.45, 2.75) is 4.90 Å². The van der Waals surface area contributed by atoms with Crippen molar-refractivity contribution in [3.63, 3.8) is 0 Å². The highest BCUT2D eigenvalue weighted by atomic mass is 35.5. The second-order valence-electron chi connectivity index (χ2n) is 4.39. The number of aromatic carboxylic acids is 1. The maximum atomic E-state index is 13.0. The molecule has 1 unspecified atom stereocenters. The molecule has 0 fully saturated rings. The average molecular weight is 354 g/mol. The molecule has 4 N–H and O–H groups in total. The lowest BCUT2D eigenvalue weighted by atomic mass is 10.2. The number of nitrogens with two attached hydrogens (primary N) is 1. The molecule has 0 bridgehead atoms. The van der Waals surface area contributed by atoms with Crippen LogP contribution in [0, 0.1) is 0 Å². The molecule has 7 nitrogen and oxygen atoms in total. The highest BCUT2D eigenvalue weighted by Gasteiger charge is 2.15. The van der Waals surface area contributed by atoms with Crippen molar-refractivity contribution in [1.29, 1.82) is 0 Å². The Kier molecular flexibility index (Phi) is 4.87. The van der Waals surface area contributed by atoms with Crippen molar-refractivity contribution in [3.05, 3.63) is 59.1 Å². The molecular weight excluding hydrogens is 342 g/mol. The Morgan fingerprint density at radius 3 is 2.13 bits per heavy atom. The summed E-state index contributed by atoms with van der Waals surface area (Å²) in [7, 11) is -3.41. The number of halogens is 1. The summed E-state index contributed by atoms with van der Waals surface area (Å²) in [6.45, 7) is 0. The Labute approximate surface area is 137 Å². The van der Waals surface area contributed by atoms with Gasteiger partial charge >= 0.3 is 12.0 Å². The van der Waals surface area contributed by atoms with Crippen LogP contribution in [0.4, 0.5) is 10.5 Å². The molecule has 2 aromatic carbocycles. The molecule has 120 valence electrons. The lowest BCUT2D eigenvalue weighted by Gasteiger charge is -2.13. The maximum Gasteiger partial charge on any atom is 0.348 e. The van der Waals surface area contributed by atoms with Crippen molar-refractivity contribution in [2.75, 3.05) is 4.72 Å². The molecule has 0 aliphatic heterocycles. The van der Waals surface area contributed by atoms with Crippen LogP contribution < -0.4 is 10.5 Å². The number of urea groups is 1. The zero-order valence-electron chi connectivity index (χ0n) is 11.6. The van der Waals surface area contributed by atoms with Gasteiger partial charge in [-0.2, -0.15) is 0 Å². The van der Waals surface area contributed by atoms with E-state index in [1.54, 1.807) is 24.3 Å². The van der Waals surface area contributed by atoms with Gasteiger partial charge in [-0.15, -0.1) is 4.36 Å². The largest absolute Gasteiger partial charge is 0.478 e. The summed E-state index contributed by atoms with van der Waals surface area (Å²) in [5.41, 5.74) is 5.46. The number of amides is 2. The van der Waals surface area contributed by atoms with Crippen LogP contribution >= 0.6 is 11.6 Å². The fraction of sp³-hybridized carbons (Fsp3) is 0. The van der Waals surface area contributed by atoms with E-state index >= 15 is 0 Å². The smallest absolute Gasteiger partial charge is 0.348 e. The number of carbonyl (C=O) groups excluding carboxylic acids is 1. The predicted molar refractivity (Wildman–Crippen MR) is 86.9 cm³/mol. The van der Waals surface area contributed by atoms with E-state index in [-0.39, 0.29) is 10.5 Å². The third-order valence-corrected chi connectivity index (χ3v) is 4.85. The van der Waals surface area contributed by atoms with Crippen molar-refractivity contribution in [3.8, 4) is 0 Å². The van der Waals surface area contributed by atoms with Crippen molar-refractivity contribution in [2.24, 2.45) is 10.1 Å². The highest BCUT2D eigenvalue weighted by molar-refractivity contribution is 7.95. The molecule has 0 saturated heterocycles. The molecule has 1 atom stereocenters. The van der Waals surface area contributed by atoms with Crippen LogP contribution in [-0.2, 0) is 9.92 Å². The molecule has 9 heteroatoms. The Hall–Kier alpha value is -2.58. The molecule has 0 radical (unpaired) electrons. The van der Waals surface area contributed by atoms with Crippen LogP contribution in [0.3, 0.4) is 0 Å². The molecule has 2 rings (SSSR count). The first-order valence-corrected chi connectivity index (χ1v) is 8.13. The van der Waals surface area contributed by atoms with Gasteiger partial charge in [-0.05, 0) is 48.5 Å². The standard InChI is InChI=1S/C14H12ClN3O4S/c15-10-3-5-11(6-4-10)17-23(22,18-14(16)21)12-7-1-9(2-8-12)13(19)20/h1-8H,(H,19,20)(H3,16,17,18,21,22). The molecule has 0 aliphatic rings. The summed E-state index contributed by atoms with van der Waals surface area (Å²) in [6.07, 6.45) is 0. The highest BCUT2D eigenvalue weighted by Crippen LogP contribution is 2.20. The number of rotatable bonds is 4. The fourth-order valence-corrected chi connectivity index (χ4v) is 3.33. The van der Waals surface area contributed by atoms with E-state index in [9.17, 15) is 13.8 Å². The summed E-state index contributed by atoms with van der Waals surface area (Å²) in [6, 6.07) is 10.3. The van der Waals surface area contributed by atoms with E-state index in [0.29, 0.717) is 10.7 Å². The molecule has 2 amide bonds. The monoisotopic (exact) mass is 353 g/mol. The topological polar surface area (TPSA) is 122 Å². The van der Waals surface area contributed by atoms with Gasteiger partial charge in [0.1, 0.15) is 0 Å². The van der Waals surface area contributed by atoms with Crippen LogP contribution in [0.2, 0.25) is 5.02 Å². The van der Waals surface area contributed by atoms with Crippen LogP contribution in [0.5, 0.6) is 0 Å². The molecular formula is C14H12ClN3O4S. The Bertz CT molecular complexity index is 857. The van der Waals surface area contributed by atoms with Gasteiger partial charge < -0.3 is 10.8 Å². The van der Waals surface area contributed by atoms with E-state index < -0.39 is 21.9 Å². The van der Waals surface area contributed by atoms with Crippen LogP contribution in [0.15, 0.2) is 57.8 Å². The van der Waals surface area contributed by atoms with Gasteiger partial charge in [0.2, 0.25) is 0 Å². The van der Waals surface area contributed by atoms with Gasteiger partial charge in [-0.25, -0.2) is 13.8 Å². The number of hydrogen-bond acceptors (Lipinski definition) is 3. The number of primary amides is 1. The first kappa shape index (κ1) is 16.8. The third kappa shape index (κ3) is 4.21. The van der Waals surface area contributed by atoms with Crippen molar-refractivity contribution >= 4 is 39.2 Å². The van der Waals surface area contributed by atoms with E-state index in [0.717, 1.165) is 0 Å². The number of carboxylic acid groups (broad SMARTS) is 1. The summed E-state index contributed by atoms with van der Waals surface area (Å²) >= 11 is 5.78. The lowest BCUT2D eigenvalue weighted by Crippen LogP contribution is -2.18. The van der Waals surface area contributed by atoms with Gasteiger partial charge in [-0.1, -0.05) is 11.6 Å². The van der Waals surface area contributed by atoms with Gasteiger partial charge in [0.15, 0.2) is 9.92 Å².